The molecule has 1 aliphatic rings. The molecule has 2 aromatic carbocycles. The maximum absolute atomic E-state index is 11.7. The van der Waals surface area contributed by atoms with E-state index in [9.17, 15) is 18.2 Å². The second-order valence-corrected chi connectivity index (χ2v) is 10.2. The highest BCUT2D eigenvalue weighted by Gasteiger charge is 2.30. The number of hydrogen-bond donors (Lipinski definition) is 1. The molecule has 5 nitrogen and oxygen atoms in total. The summed E-state index contributed by atoms with van der Waals surface area (Å²) in [6.45, 7) is 2.79. The van der Waals surface area contributed by atoms with Crippen molar-refractivity contribution in [2.75, 3.05) is 6.54 Å². The fourth-order valence-electron chi connectivity index (χ4n) is 4.38. The zero-order valence-electron chi connectivity index (χ0n) is 17.1. The van der Waals surface area contributed by atoms with Gasteiger partial charge in [0.15, 0.2) is 0 Å². The number of likely N-dealkylation sites (tertiary alicyclic amines) is 1. The minimum absolute atomic E-state index is 0.00304. The molecule has 0 spiro atoms. The van der Waals surface area contributed by atoms with Crippen LogP contribution in [0.5, 0.6) is 0 Å². The molecule has 0 saturated carbocycles. The maximum atomic E-state index is 11.7. The van der Waals surface area contributed by atoms with Crippen molar-refractivity contribution >= 4 is 26.0 Å². The Hall–Kier alpha value is -1.72. The number of nitriles is 1. The van der Waals surface area contributed by atoms with E-state index in [0.717, 1.165) is 54.2 Å². The van der Waals surface area contributed by atoms with Crippen molar-refractivity contribution < 1.29 is 13.0 Å². The highest BCUT2D eigenvalue weighted by Crippen LogP contribution is 2.34. The molecule has 2 atom stereocenters. The van der Waals surface area contributed by atoms with Crippen molar-refractivity contribution in [2.24, 2.45) is 0 Å². The third-order valence-corrected chi connectivity index (χ3v) is 7.48. The van der Waals surface area contributed by atoms with Gasteiger partial charge in [-0.2, -0.15) is 13.7 Å². The Bertz CT molecular complexity index is 1030. The second kappa shape index (κ2) is 10.1. The largest absolute Gasteiger partial charge is 0.294 e. The quantitative estimate of drug-likeness (QED) is 0.522. The molecule has 0 aliphatic carbocycles. The lowest BCUT2D eigenvalue weighted by Gasteiger charge is -2.39. The molecular formula is C23H27BrN2O3S. The van der Waals surface area contributed by atoms with Crippen LogP contribution in [0, 0.1) is 18.3 Å². The number of halogens is 1. The number of benzene rings is 2. The predicted molar refractivity (Wildman–Crippen MR) is 121 cm³/mol. The van der Waals surface area contributed by atoms with Crippen molar-refractivity contribution in [3.8, 4) is 6.07 Å². The fraction of sp³-hybridized carbons (Fsp3) is 0.435. The molecular weight excluding hydrogens is 464 g/mol. The molecule has 30 heavy (non-hydrogen) atoms. The van der Waals surface area contributed by atoms with Crippen LogP contribution in [0.2, 0.25) is 0 Å². The van der Waals surface area contributed by atoms with Crippen LogP contribution >= 0.6 is 15.9 Å². The van der Waals surface area contributed by atoms with Gasteiger partial charge in [0.1, 0.15) is 6.04 Å². The van der Waals surface area contributed by atoms with E-state index >= 15 is 0 Å². The first-order chi connectivity index (χ1) is 14.3. The van der Waals surface area contributed by atoms with Crippen molar-refractivity contribution in [3.63, 3.8) is 0 Å². The highest BCUT2D eigenvalue weighted by atomic mass is 79.9. The zero-order valence-corrected chi connectivity index (χ0v) is 19.5. The standard InChI is InChI=1S/C23H27BrN2O3S/c1-17-12-13-23(30(27,28)29)18(15-17)7-6-9-19-8-4-5-14-26(19)22(16-25)20-10-2-3-11-21(20)24/h2-3,10-13,15,19,22H,4-9,14H2,1H3,(H,27,28,29). The van der Waals surface area contributed by atoms with Crippen LogP contribution in [-0.4, -0.2) is 30.5 Å². The SMILES string of the molecule is Cc1ccc(S(=O)(=O)O)c(CCCC2CCCCN2C(C#N)c2ccccc2Br)c1. The Labute approximate surface area is 187 Å². The Balaban J connectivity index is 1.74. The number of aryl methyl sites for hydroxylation is 2. The lowest BCUT2D eigenvalue weighted by atomic mass is 9.92. The van der Waals surface area contributed by atoms with E-state index in [1.165, 1.54) is 6.07 Å². The Kier molecular flexibility index (Phi) is 7.70. The number of piperidine rings is 1. The van der Waals surface area contributed by atoms with Gasteiger partial charge in [-0.15, -0.1) is 0 Å². The Morgan fingerprint density at radius 3 is 2.73 bits per heavy atom. The summed E-state index contributed by atoms with van der Waals surface area (Å²) in [5.41, 5.74) is 2.61. The Morgan fingerprint density at radius 2 is 2.03 bits per heavy atom. The van der Waals surface area contributed by atoms with Gasteiger partial charge in [0.05, 0.1) is 11.0 Å². The third kappa shape index (κ3) is 5.50. The molecule has 0 radical (unpaired) electrons. The van der Waals surface area contributed by atoms with E-state index in [0.29, 0.717) is 12.0 Å². The molecule has 0 aromatic heterocycles. The van der Waals surface area contributed by atoms with Crippen molar-refractivity contribution in [2.45, 2.75) is 62.4 Å². The second-order valence-electron chi connectivity index (χ2n) is 7.92. The molecule has 1 N–H and O–H groups in total. The summed E-state index contributed by atoms with van der Waals surface area (Å²) >= 11 is 3.58. The summed E-state index contributed by atoms with van der Waals surface area (Å²) in [5, 5.41) is 9.93. The normalized spacial score (nSPS) is 18.7. The predicted octanol–water partition coefficient (Wildman–Crippen LogP) is 5.45. The topological polar surface area (TPSA) is 81.4 Å². The van der Waals surface area contributed by atoms with Crippen LogP contribution in [0.3, 0.4) is 0 Å². The summed E-state index contributed by atoms with van der Waals surface area (Å²) in [4.78, 5) is 2.29. The third-order valence-electron chi connectivity index (χ3n) is 5.80. The average Bonchev–Trinajstić information content (AvgIpc) is 2.70. The van der Waals surface area contributed by atoms with E-state index in [2.05, 4.69) is 26.9 Å². The van der Waals surface area contributed by atoms with E-state index in [4.69, 9.17) is 0 Å². The van der Waals surface area contributed by atoms with E-state index in [1.54, 1.807) is 6.07 Å². The van der Waals surface area contributed by atoms with Crippen LogP contribution in [-0.2, 0) is 16.5 Å². The van der Waals surface area contributed by atoms with Crippen molar-refractivity contribution in [3.05, 3.63) is 63.6 Å². The first-order valence-corrected chi connectivity index (χ1v) is 12.5. The van der Waals surface area contributed by atoms with Gasteiger partial charge in [-0.3, -0.25) is 9.45 Å². The summed E-state index contributed by atoms with van der Waals surface area (Å²) < 4.78 is 33.9. The molecule has 0 bridgehead atoms. The molecule has 3 rings (SSSR count). The molecule has 160 valence electrons. The van der Waals surface area contributed by atoms with Gasteiger partial charge in [-0.1, -0.05) is 58.2 Å². The fourth-order valence-corrected chi connectivity index (χ4v) is 5.61. The summed E-state index contributed by atoms with van der Waals surface area (Å²) in [5.74, 6) is 0. The van der Waals surface area contributed by atoms with Crippen LogP contribution in [0.1, 0.15) is 54.8 Å². The molecule has 2 aromatic rings. The van der Waals surface area contributed by atoms with Gasteiger partial charge in [-0.05, 0) is 62.3 Å². The number of nitrogens with zero attached hydrogens (tertiary/aromatic N) is 2. The lowest BCUT2D eigenvalue weighted by molar-refractivity contribution is 0.111. The number of rotatable bonds is 7. The molecule has 1 heterocycles. The van der Waals surface area contributed by atoms with Gasteiger partial charge in [0.25, 0.3) is 10.1 Å². The van der Waals surface area contributed by atoms with Crippen molar-refractivity contribution in [1.29, 1.82) is 5.26 Å². The minimum atomic E-state index is -4.23. The highest BCUT2D eigenvalue weighted by molar-refractivity contribution is 9.10. The molecule has 0 amide bonds. The van der Waals surface area contributed by atoms with Crippen LogP contribution < -0.4 is 0 Å². The molecule has 1 aliphatic heterocycles. The summed E-state index contributed by atoms with van der Waals surface area (Å²) in [6, 6.07) is 15.3. The van der Waals surface area contributed by atoms with Gasteiger partial charge >= 0.3 is 0 Å². The van der Waals surface area contributed by atoms with Gasteiger partial charge < -0.3 is 0 Å². The lowest BCUT2D eigenvalue weighted by Crippen LogP contribution is -2.41. The Morgan fingerprint density at radius 1 is 1.27 bits per heavy atom. The number of hydrogen-bond acceptors (Lipinski definition) is 4. The molecule has 2 unspecified atom stereocenters. The molecule has 1 saturated heterocycles. The monoisotopic (exact) mass is 490 g/mol. The maximum Gasteiger partial charge on any atom is 0.294 e. The smallest absolute Gasteiger partial charge is 0.282 e. The molecule has 1 fully saturated rings. The summed E-state index contributed by atoms with van der Waals surface area (Å²) in [7, 11) is -4.23. The van der Waals surface area contributed by atoms with Gasteiger partial charge in [0, 0.05) is 17.1 Å². The van der Waals surface area contributed by atoms with Gasteiger partial charge in [-0.25, -0.2) is 0 Å². The first kappa shape index (κ1) is 23.0. The molecule has 7 heteroatoms. The van der Waals surface area contributed by atoms with Crippen LogP contribution in [0.15, 0.2) is 51.8 Å². The first-order valence-electron chi connectivity index (χ1n) is 10.3. The average molecular weight is 491 g/mol. The van der Waals surface area contributed by atoms with Gasteiger partial charge in [0.2, 0.25) is 0 Å². The van der Waals surface area contributed by atoms with Crippen LogP contribution in [0.25, 0.3) is 0 Å². The summed E-state index contributed by atoms with van der Waals surface area (Å²) in [6.07, 6.45) is 5.48. The zero-order chi connectivity index (χ0) is 21.7. The minimum Gasteiger partial charge on any atom is -0.282 e. The van der Waals surface area contributed by atoms with E-state index in [-0.39, 0.29) is 17.0 Å². The van der Waals surface area contributed by atoms with E-state index in [1.807, 2.05) is 37.3 Å². The van der Waals surface area contributed by atoms with Crippen molar-refractivity contribution in [1.82, 2.24) is 4.90 Å². The van der Waals surface area contributed by atoms with Crippen LogP contribution in [0.4, 0.5) is 0 Å². The van der Waals surface area contributed by atoms with E-state index < -0.39 is 10.1 Å².